The Bertz CT molecular complexity index is 1120. The molecule has 152 valence electrons. The highest BCUT2D eigenvalue weighted by Crippen LogP contribution is 2.35. The Kier molecular flexibility index (Phi) is 6.06. The first-order valence-corrected chi connectivity index (χ1v) is 11.8. The van der Waals surface area contributed by atoms with Gasteiger partial charge in [-0.3, -0.25) is 14.2 Å². The van der Waals surface area contributed by atoms with Gasteiger partial charge in [0.2, 0.25) is 0 Å². The van der Waals surface area contributed by atoms with Crippen LogP contribution in [-0.2, 0) is 19.4 Å². The molecule has 0 N–H and O–H groups in total. The summed E-state index contributed by atoms with van der Waals surface area (Å²) in [7, 11) is 0. The van der Waals surface area contributed by atoms with E-state index in [4.69, 9.17) is 9.72 Å². The summed E-state index contributed by atoms with van der Waals surface area (Å²) in [5.41, 5.74) is 1.92. The van der Waals surface area contributed by atoms with Gasteiger partial charge in [-0.15, -0.1) is 11.3 Å². The lowest BCUT2D eigenvalue weighted by atomic mass is 10.1. The van der Waals surface area contributed by atoms with Gasteiger partial charge in [0, 0.05) is 17.2 Å². The molecule has 0 fully saturated rings. The molecule has 1 aliphatic rings. The van der Waals surface area contributed by atoms with Crippen molar-refractivity contribution in [3.63, 3.8) is 0 Å². The van der Waals surface area contributed by atoms with Crippen molar-refractivity contribution < 1.29 is 9.53 Å². The predicted octanol–water partition coefficient (Wildman–Crippen LogP) is 4.73. The largest absolute Gasteiger partial charge is 0.492 e. The number of benzene rings is 1. The first-order chi connectivity index (χ1) is 14.1. The fraction of sp³-hybridized carbons (Fsp3) is 0.409. The lowest BCUT2D eigenvalue weighted by Gasteiger charge is -2.12. The topological polar surface area (TPSA) is 61.2 Å². The number of Topliss-reactive ketones (excluding diaryl/α,β-unsaturated/α-hetero) is 1. The van der Waals surface area contributed by atoms with Crippen LogP contribution in [-0.4, -0.2) is 27.7 Å². The van der Waals surface area contributed by atoms with Gasteiger partial charge in [-0.25, -0.2) is 4.98 Å². The number of thioether (sulfide) groups is 1. The first kappa shape index (κ1) is 20.2. The fourth-order valence-electron chi connectivity index (χ4n) is 3.76. The molecule has 0 spiro atoms. The van der Waals surface area contributed by atoms with Crippen molar-refractivity contribution in [2.75, 3.05) is 12.4 Å². The highest BCUT2D eigenvalue weighted by molar-refractivity contribution is 7.99. The van der Waals surface area contributed by atoms with Gasteiger partial charge >= 0.3 is 0 Å². The molecule has 3 aromatic rings. The van der Waals surface area contributed by atoms with E-state index in [1.807, 2.05) is 22.8 Å². The maximum Gasteiger partial charge on any atom is 0.263 e. The summed E-state index contributed by atoms with van der Waals surface area (Å²) in [4.78, 5) is 32.0. The monoisotopic (exact) mass is 428 g/mol. The molecule has 0 bridgehead atoms. The summed E-state index contributed by atoms with van der Waals surface area (Å²) in [6.45, 7) is 4.72. The number of carbonyl (C=O) groups is 1. The number of rotatable bonds is 8. The molecule has 7 heteroatoms. The van der Waals surface area contributed by atoms with Crippen LogP contribution >= 0.6 is 23.1 Å². The minimum absolute atomic E-state index is 0.0112. The van der Waals surface area contributed by atoms with Crippen LogP contribution in [0.1, 0.15) is 47.5 Å². The lowest BCUT2D eigenvalue weighted by molar-refractivity contribution is 0.101. The van der Waals surface area contributed by atoms with E-state index in [1.165, 1.54) is 29.1 Å². The first-order valence-electron chi connectivity index (χ1n) is 10.0. The van der Waals surface area contributed by atoms with Gasteiger partial charge in [0.1, 0.15) is 10.6 Å². The number of carbonyl (C=O) groups excluding carboxylic acids is 1. The van der Waals surface area contributed by atoms with Crippen LogP contribution < -0.4 is 10.3 Å². The van der Waals surface area contributed by atoms with Crippen molar-refractivity contribution in [2.45, 2.75) is 51.2 Å². The number of thiophene rings is 1. The van der Waals surface area contributed by atoms with E-state index >= 15 is 0 Å². The highest BCUT2D eigenvalue weighted by atomic mass is 32.2. The molecule has 0 saturated heterocycles. The summed E-state index contributed by atoms with van der Waals surface area (Å²) in [6.07, 6.45) is 4.08. The molecule has 0 amide bonds. The molecule has 1 aliphatic carbocycles. The van der Waals surface area contributed by atoms with E-state index in [9.17, 15) is 9.59 Å². The van der Waals surface area contributed by atoms with E-state index in [2.05, 4.69) is 6.92 Å². The minimum atomic E-state index is -0.0112. The van der Waals surface area contributed by atoms with Crippen molar-refractivity contribution in [1.29, 1.82) is 0 Å². The van der Waals surface area contributed by atoms with Gasteiger partial charge in [-0.2, -0.15) is 0 Å². The van der Waals surface area contributed by atoms with Crippen molar-refractivity contribution in [3.8, 4) is 5.75 Å². The van der Waals surface area contributed by atoms with Crippen LogP contribution in [0, 0.1) is 0 Å². The van der Waals surface area contributed by atoms with E-state index in [-0.39, 0.29) is 11.3 Å². The number of nitrogens with zero attached hydrogens (tertiary/aromatic N) is 2. The number of ether oxygens (including phenoxy) is 1. The zero-order valence-electron chi connectivity index (χ0n) is 16.7. The lowest BCUT2D eigenvalue weighted by Crippen LogP contribution is -2.23. The van der Waals surface area contributed by atoms with Crippen molar-refractivity contribution >= 4 is 39.1 Å². The van der Waals surface area contributed by atoms with Crippen LogP contribution in [0.25, 0.3) is 10.2 Å². The fourth-order valence-corrected chi connectivity index (χ4v) is 5.90. The van der Waals surface area contributed by atoms with E-state index in [0.29, 0.717) is 30.2 Å². The maximum atomic E-state index is 13.2. The van der Waals surface area contributed by atoms with Crippen molar-refractivity contribution in [2.24, 2.45) is 0 Å². The number of aromatic nitrogens is 2. The minimum Gasteiger partial charge on any atom is -0.492 e. The van der Waals surface area contributed by atoms with Gasteiger partial charge in [-0.1, -0.05) is 30.8 Å². The third-order valence-corrected chi connectivity index (χ3v) is 7.20. The Balaban J connectivity index is 1.53. The molecule has 0 saturated carbocycles. The van der Waals surface area contributed by atoms with Gasteiger partial charge in [0.15, 0.2) is 10.9 Å². The molecule has 29 heavy (non-hydrogen) atoms. The van der Waals surface area contributed by atoms with Crippen LogP contribution in [0.3, 0.4) is 0 Å². The molecule has 5 nitrogen and oxygen atoms in total. The quantitative estimate of drug-likeness (QED) is 0.225. The van der Waals surface area contributed by atoms with Gasteiger partial charge in [0.05, 0.1) is 17.6 Å². The van der Waals surface area contributed by atoms with Crippen molar-refractivity contribution in [3.05, 3.63) is 50.6 Å². The van der Waals surface area contributed by atoms with Gasteiger partial charge in [0.25, 0.3) is 5.56 Å². The number of para-hydroxylation sites is 1. The molecule has 0 atom stereocenters. The predicted molar refractivity (Wildman–Crippen MR) is 119 cm³/mol. The second kappa shape index (κ2) is 8.71. The number of fused-ring (bicyclic) bond motifs is 3. The molecule has 2 heterocycles. The number of hydrogen-bond donors (Lipinski definition) is 0. The Morgan fingerprint density at radius 2 is 2.14 bits per heavy atom. The van der Waals surface area contributed by atoms with Crippen LogP contribution in [0.2, 0.25) is 0 Å². The van der Waals surface area contributed by atoms with Crippen LogP contribution in [0.15, 0.2) is 34.2 Å². The third kappa shape index (κ3) is 3.98. The SMILES string of the molecule is CCCn1c(SCCOc2ccccc2C(C)=O)nc2sc3c(c2c1=O)CCC3. The van der Waals surface area contributed by atoms with E-state index in [1.54, 1.807) is 17.4 Å². The van der Waals surface area contributed by atoms with E-state index < -0.39 is 0 Å². The summed E-state index contributed by atoms with van der Waals surface area (Å²) in [5.74, 6) is 1.24. The molecular formula is C22H24N2O3S2. The van der Waals surface area contributed by atoms with E-state index in [0.717, 1.165) is 41.1 Å². The summed E-state index contributed by atoms with van der Waals surface area (Å²) in [5, 5.41) is 1.60. The maximum absolute atomic E-state index is 13.2. The Morgan fingerprint density at radius 3 is 2.93 bits per heavy atom. The molecular weight excluding hydrogens is 404 g/mol. The molecule has 0 radical (unpaired) electrons. The Labute approximate surface area is 178 Å². The second-order valence-electron chi connectivity index (χ2n) is 7.14. The second-order valence-corrected chi connectivity index (χ2v) is 9.28. The number of hydrogen-bond acceptors (Lipinski definition) is 6. The van der Waals surface area contributed by atoms with Crippen LogP contribution in [0.5, 0.6) is 5.75 Å². The normalized spacial score (nSPS) is 13.0. The van der Waals surface area contributed by atoms with Crippen LogP contribution in [0.4, 0.5) is 0 Å². The van der Waals surface area contributed by atoms with Gasteiger partial charge < -0.3 is 4.74 Å². The molecule has 0 unspecified atom stereocenters. The standard InChI is InChI=1S/C22H24N2O3S2/c1-3-11-24-21(26)19-16-8-6-10-18(16)29-20(19)23-22(24)28-13-12-27-17-9-5-4-7-15(17)14(2)25/h4-5,7,9H,3,6,8,10-13H2,1-2H3. The zero-order valence-corrected chi connectivity index (χ0v) is 18.3. The average Bonchev–Trinajstić information content (AvgIpc) is 3.29. The molecule has 0 aliphatic heterocycles. The highest BCUT2D eigenvalue weighted by Gasteiger charge is 2.23. The third-order valence-electron chi connectivity index (χ3n) is 5.08. The summed E-state index contributed by atoms with van der Waals surface area (Å²) < 4.78 is 7.65. The summed E-state index contributed by atoms with van der Waals surface area (Å²) in [6, 6.07) is 7.28. The Hall–Kier alpha value is -2.12. The average molecular weight is 429 g/mol. The molecule has 2 aromatic heterocycles. The molecule has 4 rings (SSSR count). The number of aryl methyl sites for hydroxylation is 2. The van der Waals surface area contributed by atoms with Gasteiger partial charge in [-0.05, 0) is 50.3 Å². The summed E-state index contributed by atoms with van der Waals surface area (Å²) >= 11 is 3.22. The van der Waals surface area contributed by atoms with Crippen molar-refractivity contribution in [1.82, 2.24) is 9.55 Å². The number of ketones is 1. The smallest absolute Gasteiger partial charge is 0.263 e. The Morgan fingerprint density at radius 1 is 1.31 bits per heavy atom. The zero-order chi connectivity index (χ0) is 20.4. The molecule has 1 aromatic carbocycles.